The van der Waals surface area contributed by atoms with Crippen LogP contribution in [-0.2, 0) is 4.79 Å². The minimum absolute atomic E-state index is 0.108. The number of piperazine rings is 1. The van der Waals surface area contributed by atoms with Crippen molar-refractivity contribution < 1.29 is 9.59 Å². The van der Waals surface area contributed by atoms with E-state index >= 15 is 0 Å². The molecule has 1 aliphatic carbocycles. The smallest absolute Gasteiger partial charge is 0.272 e. The third-order valence-corrected chi connectivity index (χ3v) is 5.12. The number of nitrogens with one attached hydrogen (secondary N) is 1. The first-order valence-corrected chi connectivity index (χ1v) is 9.28. The second-order valence-electron chi connectivity index (χ2n) is 6.93. The van der Waals surface area contributed by atoms with Gasteiger partial charge in [0.15, 0.2) is 11.5 Å². The van der Waals surface area contributed by atoms with Crippen LogP contribution in [0.3, 0.4) is 0 Å². The van der Waals surface area contributed by atoms with Crippen LogP contribution in [0.2, 0.25) is 0 Å². The Hall–Kier alpha value is -2.18. The number of carbonyl (C=O) groups is 2. The van der Waals surface area contributed by atoms with Crippen molar-refractivity contribution in [2.24, 2.45) is 0 Å². The zero-order valence-electron chi connectivity index (χ0n) is 14.9. The van der Waals surface area contributed by atoms with Crippen LogP contribution in [0, 0.1) is 0 Å². The Morgan fingerprint density at radius 3 is 2.24 bits per heavy atom. The molecule has 0 bridgehead atoms. The molecule has 7 heteroatoms. The van der Waals surface area contributed by atoms with Gasteiger partial charge in [0.2, 0.25) is 5.91 Å². The fraction of sp³-hybridized carbons (Fsp3) is 0.667. The van der Waals surface area contributed by atoms with Gasteiger partial charge in [-0.25, -0.2) is 0 Å². The van der Waals surface area contributed by atoms with E-state index in [0.29, 0.717) is 18.8 Å². The normalized spacial score (nSPS) is 19.4. The Balaban J connectivity index is 1.54. The van der Waals surface area contributed by atoms with Crippen LogP contribution in [0.1, 0.15) is 55.9 Å². The van der Waals surface area contributed by atoms with Crippen LogP contribution >= 0.6 is 0 Å². The summed E-state index contributed by atoms with van der Waals surface area (Å²) in [6.07, 6.45) is 6.99. The predicted octanol–water partition coefficient (Wildman–Crippen LogP) is 1.60. The van der Waals surface area contributed by atoms with E-state index in [-0.39, 0.29) is 17.9 Å². The van der Waals surface area contributed by atoms with Gasteiger partial charge in [-0.2, -0.15) is 0 Å². The van der Waals surface area contributed by atoms with Crippen LogP contribution in [0.25, 0.3) is 0 Å². The third-order valence-electron chi connectivity index (χ3n) is 5.12. The Kier molecular flexibility index (Phi) is 5.83. The molecule has 0 radical (unpaired) electrons. The molecule has 2 fully saturated rings. The molecular formula is C18H27N5O2. The van der Waals surface area contributed by atoms with Crippen molar-refractivity contribution >= 4 is 17.6 Å². The molecule has 0 unspecified atom stereocenters. The summed E-state index contributed by atoms with van der Waals surface area (Å²) >= 11 is 0. The molecule has 3 rings (SSSR count). The van der Waals surface area contributed by atoms with E-state index in [2.05, 4.69) is 20.4 Å². The Labute approximate surface area is 148 Å². The lowest BCUT2D eigenvalue weighted by Crippen LogP contribution is -2.48. The fourth-order valence-electron chi connectivity index (χ4n) is 3.55. The van der Waals surface area contributed by atoms with Crippen molar-refractivity contribution in [1.82, 2.24) is 20.4 Å². The third kappa shape index (κ3) is 4.67. The monoisotopic (exact) mass is 345 g/mol. The Morgan fingerprint density at radius 1 is 1.00 bits per heavy atom. The van der Waals surface area contributed by atoms with Crippen LogP contribution < -0.4 is 10.2 Å². The highest BCUT2D eigenvalue weighted by molar-refractivity contribution is 5.92. The van der Waals surface area contributed by atoms with Gasteiger partial charge in [-0.1, -0.05) is 25.7 Å². The molecule has 1 N–H and O–H groups in total. The van der Waals surface area contributed by atoms with Gasteiger partial charge in [-0.05, 0) is 25.0 Å². The molecule has 0 spiro atoms. The van der Waals surface area contributed by atoms with Crippen molar-refractivity contribution in [3.05, 3.63) is 17.8 Å². The van der Waals surface area contributed by atoms with E-state index in [4.69, 9.17) is 0 Å². The van der Waals surface area contributed by atoms with Gasteiger partial charge < -0.3 is 15.1 Å². The van der Waals surface area contributed by atoms with Gasteiger partial charge in [0.05, 0.1) is 0 Å². The molecule has 1 saturated carbocycles. The highest BCUT2D eigenvalue weighted by atomic mass is 16.2. The second-order valence-corrected chi connectivity index (χ2v) is 6.93. The number of hydrogen-bond acceptors (Lipinski definition) is 5. The zero-order chi connectivity index (χ0) is 17.6. The lowest BCUT2D eigenvalue weighted by atomic mass is 10.1. The van der Waals surface area contributed by atoms with Crippen LogP contribution in [0.4, 0.5) is 5.82 Å². The van der Waals surface area contributed by atoms with E-state index in [1.54, 1.807) is 13.0 Å². The van der Waals surface area contributed by atoms with Gasteiger partial charge in [-0.15, -0.1) is 10.2 Å². The molecule has 1 saturated heterocycles. The summed E-state index contributed by atoms with van der Waals surface area (Å²) in [6, 6.07) is 3.85. The number of nitrogens with zero attached hydrogens (tertiary/aromatic N) is 4. The molecule has 0 atom stereocenters. The van der Waals surface area contributed by atoms with E-state index in [9.17, 15) is 9.59 Å². The van der Waals surface area contributed by atoms with Gasteiger partial charge in [0.25, 0.3) is 5.91 Å². The number of amides is 2. The molecule has 0 aromatic carbocycles. The Bertz CT molecular complexity index is 588. The van der Waals surface area contributed by atoms with Crippen molar-refractivity contribution in [2.45, 2.75) is 51.5 Å². The van der Waals surface area contributed by atoms with Crippen LogP contribution in [0.15, 0.2) is 12.1 Å². The van der Waals surface area contributed by atoms with Crippen LogP contribution in [-0.4, -0.2) is 59.1 Å². The number of rotatable bonds is 3. The molecule has 2 heterocycles. The molecule has 25 heavy (non-hydrogen) atoms. The number of carbonyl (C=O) groups excluding carboxylic acids is 2. The summed E-state index contributed by atoms with van der Waals surface area (Å²) < 4.78 is 0. The molecule has 2 amide bonds. The highest BCUT2D eigenvalue weighted by Gasteiger charge is 2.21. The largest absolute Gasteiger partial charge is 0.352 e. The standard InChI is InChI=1S/C18H27N5O2/c1-14(24)22-10-12-23(13-11-22)17-9-8-16(20-21-17)18(25)19-15-6-4-2-3-5-7-15/h8-9,15H,2-7,10-13H2,1H3,(H,19,25). The maximum atomic E-state index is 12.4. The summed E-state index contributed by atoms with van der Waals surface area (Å²) in [6.45, 7) is 4.46. The summed E-state index contributed by atoms with van der Waals surface area (Å²) in [5.41, 5.74) is 0.371. The van der Waals surface area contributed by atoms with Crippen molar-refractivity contribution in [2.75, 3.05) is 31.1 Å². The fourth-order valence-corrected chi connectivity index (χ4v) is 3.55. The van der Waals surface area contributed by atoms with Gasteiger partial charge in [-0.3, -0.25) is 9.59 Å². The number of anilines is 1. The van der Waals surface area contributed by atoms with Crippen molar-refractivity contribution in [1.29, 1.82) is 0 Å². The molecule has 1 aromatic heterocycles. The maximum absolute atomic E-state index is 12.4. The average Bonchev–Trinajstić information content (AvgIpc) is 2.90. The SMILES string of the molecule is CC(=O)N1CCN(c2ccc(C(=O)NC3CCCCCC3)nn2)CC1. The Morgan fingerprint density at radius 2 is 1.68 bits per heavy atom. The molecule has 7 nitrogen and oxygen atoms in total. The van der Waals surface area contributed by atoms with E-state index < -0.39 is 0 Å². The molecule has 1 aliphatic heterocycles. The first-order valence-electron chi connectivity index (χ1n) is 9.28. The van der Waals surface area contributed by atoms with E-state index in [0.717, 1.165) is 31.7 Å². The molecule has 2 aliphatic rings. The molecule has 1 aromatic rings. The zero-order valence-corrected chi connectivity index (χ0v) is 14.9. The minimum atomic E-state index is -0.132. The topological polar surface area (TPSA) is 78.4 Å². The van der Waals surface area contributed by atoms with Gasteiger partial charge >= 0.3 is 0 Å². The minimum Gasteiger partial charge on any atom is -0.352 e. The van der Waals surface area contributed by atoms with Crippen molar-refractivity contribution in [3.8, 4) is 0 Å². The van der Waals surface area contributed by atoms with Gasteiger partial charge in [0.1, 0.15) is 0 Å². The summed E-state index contributed by atoms with van der Waals surface area (Å²) in [5, 5.41) is 11.4. The van der Waals surface area contributed by atoms with Gasteiger partial charge in [0, 0.05) is 39.1 Å². The lowest BCUT2D eigenvalue weighted by Gasteiger charge is -2.34. The van der Waals surface area contributed by atoms with E-state index in [1.807, 2.05) is 11.0 Å². The molecule has 136 valence electrons. The molecular weight excluding hydrogens is 318 g/mol. The highest BCUT2D eigenvalue weighted by Crippen LogP contribution is 2.18. The summed E-state index contributed by atoms with van der Waals surface area (Å²) in [5.74, 6) is 0.734. The predicted molar refractivity (Wildman–Crippen MR) is 95.5 cm³/mol. The van der Waals surface area contributed by atoms with Crippen LogP contribution in [0.5, 0.6) is 0 Å². The first-order chi connectivity index (χ1) is 12.1. The quantitative estimate of drug-likeness (QED) is 0.842. The average molecular weight is 345 g/mol. The lowest BCUT2D eigenvalue weighted by molar-refractivity contribution is -0.129. The first kappa shape index (κ1) is 17.6. The number of hydrogen-bond donors (Lipinski definition) is 1. The van der Waals surface area contributed by atoms with Crippen molar-refractivity contribution in [3.63, 3.8) is 0 Å². The second kappa shape index (κ2) is 8.27. The maximum Gasteiger partial charge on any atom is 0.272 e. The number of aromatic nitrogens is 2. The van der Waals surface area contributed by atoms with E-state index in [1.165, 1.54) is 25.7 Å². The summed E-state index contributed by atoms with van der Waals surface area (Å²) in [4.78, 5) is 27.7. The summed E-state index contributed by atoms with van der Waals surface area (Å²) in [7, 11) is 0.